The van der Waals surface area contributed by atoms with Crippen molar-refractivity contribution in [3.05, 3.63) is 23.8 Å². The van der Waals surface area contributed by atoms with E-state index in [2.05, 4.69) is 0 Å². The second kappa shape index (κ2) is 5.38. The van der Waals surface area contributed by atoms with Crippen molar-refractivity contribution in [1.82, 2.24) is 0 Å². The van der Waals surface area contributed by atoms with Gasteiger partial charge in [-0.25, -0.2) is 0 Å². The Bertz CT molecular complexity index is 372. The van der Waals surface area contributed by atoms with Gasteiger partial charge < -0.3 is 20.9 Å². The Kier molecular flexibility index (Phi) is 4.37. The summed E-state index contributed by atoms with van der Waals surface area (Å²) in [5, 5.41) is 0. The molecule has 0 saturated carbocycles. The molecule has 0 aliphatic carbocycles. The van der Waals surface area contributed by atoms with Crippen LogP contribution in [0.5, 0.6) is 11.5 Å². The van der Waals surface area contributed by atoms with Gasteiger partial charge in [0.25, 0.3) is 0 Å². The Morgan fingerprint density at radius 3 is 2.24 bits per heavy atom. The van der Waals surface area contributed by atoms with Gasteiger partial charge in [0.15, 0.2) is 11.5 Å². The molecule has 0 heterocycles. The van der Waals surface area contributed by atoms with Crippen LogP contribution in [0.3, 0.4) is 0 Å². The molecule has 0 spiro atoms. The Balaban J connectivity index is 2.92. The topological polar surface area (TPSA) is 70.5 Å². The molecular formula is C13H22N2O2. The molecule has 0 bridgehead atoms. The number of ether oxygens (including phenoxy) is 2. The summed E-state index contributed by atoms with van der Waals surface area (Å²) in [4.78, 5) is 0. The molecule has 1 unspecified atom stereocenters. The molecule has 0 amide bonds. The number of hydrogen-bond donors (Lipinski definition) is 2. The zero-order chi connectivity index (χ0) is 13.1. The smallest absolute Gasteiger partial charge is 0.161 e. The summed E-state index contributed by atoms with van der Waals surface area (Å²) in [5.74, 6) is 1.39. The number of benzene rings is 1. The minimum absolute atomic E-state index is 0.102. The Morgan fingerprint density at radius 1 is 1.18 bits per heavy atom. The zero-order valence-corrected chi connectivity index (χ0v) is 11.0. The number of nitrogens with two attached hydrogens (primary N) is 2. The molecule has 4 N–H and O–H groups in total. The normalized spacial score (nSPS) is 13.3. The van der Waals surface area contributed by atoms with Gasteiger partial charge in [-0.3, -0.25) is 0 Å². The van der Waals surface area contributed by atoms with Crippen LogP contribution < -0.4 is 20.9 Å². The van der Waals surface area contributed by atoms with Crippen molar-refractivity contribution < 1.29 is 9.47 Å². The summed E-state index contributed by atoms with van der Waals surface area (Å²) in [7, 11) is 3.22. The van der Waals surface area contributed by atoms with Gasteiger partial charge in [-0.1, -0.05) is 6.07 Å². The van der Waals surface area contributed by atoms with E-state index in [-0.39, 0.29) is 11.6 Å². The van der Waals surface area contributed by atoms with Gasteiger partial charge in [0, 0.05) is 11.6 Å². The van der Waals surface area contributed by atoms with Crippen molar-refractivity contribution in [2.75, 3.05) is 14.2 Å². The molecule has 1 rings (SSSR count). The van der Waals surface area contributed by atoms with E-state index in [9.17, 15) is 0 Å². The molecule has 4 heteroatoms. The Labute approximate surface area is 103 Å². The van der Waals surface area contributed by atoms with Gasteiger partial charge >= 0.3 is 0 Å². The largest absolute Gasteiger partial charge is 0.493 e. The molecule has 0 saturated heterocycles. The molecule has 1 aromatic rings. The predicted octanol–water partition coefficient (Wildman–Crippen LogP) is 1.83. The first-order valence-corrected chi connectivity index (χ1v) is 5.64. The van der Waals surface area contributed by atoms with E-state index in [1.165, 1.54) is 0 Å². The maximum atomic E-state index is 6.12. The van der Waals surface area contributed by atoms with Gasteiger partial charge in [0.2, 0.25) is 0 Å². The average molecular weight is 238 g/mol. The zero-order valence-electron chi connectivity index (χ0n) is 11.0. The van der Waals surface area contributed by atoms with Gasteiger partial charge in [-0.15, -0.1) is 0 Å². The second-order valence-corrected chi connectivity index (χ2v) is 4.91. The Hall–Kier alpha value is -1.26. The van der Waals surface area contributed by atoms with Crippen molar-refractivity contribution in [3.8, 4) is 11.5 Å². The van der Waals surface area contributed by atoms with Crippen LogP contribution in [0.1, 0.15) is 31.9 Å². The average Bonchev–Trinajstić information content (AvgIpc) is 2.25. The number of hydrogen-bond acceptors (Lipinski definition) is 4. The minimum atomic E-state index is -0.285. The van der Waals surface area contributed by atoms with Gasteiger partial charge in [-0.05, 0) is 38.0 Å². The standard InChI is InChI=1S/C13H22N2O2/c1-13(2,15)8-10(14)9-5-6-11(16-3)12(7-9)17-4/h5-7,10H,8,14-15H2,1-4H3. The molecule has 4 nitrogen and oxygen atoms in total. The van der Waals surface area contributed by atoms with Gasteiger partial charge in [-0.2, -0.15) is 0 Å². The molecule has 0 radical (unpaired) electrons. The van der Waals surface area contributed by atoms with Crippen LogP contribution in [0, 0.1) is 0 Å². The molecule has 0 fully saturated rings. The van der Waals surface area contributed by atoms with Crippen molar-refractivity contribution in [2.24, 2.45) is 11.5 Å². The van der Waals surface area contributed by atoms with Crippen molar-refractivity contribution >= 4 is 0 Å². The highest BCUT2D eigenvalue weighted by molar-refractivity contribution is 5.43. The maximum absolute atomic E-state index is 6.12. The third-order valence-electron chi connectivity index (χ3n) is 2.58. The lowest BCUT2D eigenvalue weighted by molar-refractivity contribution is 0.353. The highest BCUT2D eigenvalue weighted by atomic mass is 16.5. The van der Waals surface area contributed by atoms with Crippen LogP contribution >= 0.6 is 0 Å². The van der Waals surface area contributed by atoms with Crippen LogP contribution in [0.2, 0.25) is 0 Å². The molecule has 96 valence electrons. The fourth-order valence-electron chi connectivity index (χ4n) is 1.77. The van der Waals surface area contributed by atoms with Gasteiger partial charge in [0.1, 0.15) is 0 Å². The van der Waals surface area contributed by atoms with E-state index in [0.29, 0.717) is 17.9 Å². The van der Waals surface area contributed by atoms with E-state index >= 15 is 0 Å². The third-order valence-corrected chi connectivity index (χ3v) is 2.58. The monoisotopic (exact) mass is 238 g/mol. The fraction of sp³-hybridized carbons (Fsp3) is 0.538. The lowest BCUT2D eigenvalue weighted by Gasteiger charge is -2.24. The molecular weight excluding hydrogens is 216 g/mol. The van der Waals surface area contributed by atoms with Crippen LogP contribution in [0.25, 0.3) is 0 Å². The summed E-state index contributed by atoms with van der Waals surface area (Å²) >= 11 is 0. The summed E-state index contributed by atoms with van der Waals surface area (Å²) < 4.78 is 10.4. The van der Waals surface area contributed by atoms with E-state index in [1.807, 2.05) is 32.0 Å². The minimum Gasteiger partial charge on any atom is -0.493 e. The Morgan fingerprint density at radius 2 is 1.76 bits per heavy atom. The van der Waals surface area contributed by atoms with Crippen LogP contribution in [-0.2, 0) is 0 Å². The summed E-state index contributed by atoms with van der Waals surface area (Å²) in [5.41, 5.74) is 12.8. The predicted molar refractivity (Wildman–Crippen MR) is 69.4 cm³/mol. The van der Waals surface area contributed by atoms with Crippen LogP contribution in [-0.4, -0.2) is 19.8 Å². The quantitative estimate of drug-likeness (QED) is 0.821. The first-order valence-electron chi connectivity index (χ1n) is 5.64. The van der Waals surface area contributed by atoms with Crippen molar-refractivity contribution in [3.63, 3.8) is 0 Å². The first-order chi connectivity index (χ1) is 7.87. The highest BCUT2D eigenvalue weighted by Gasteiger charge is 2.18. The first kappa shape index (κ1) is 13.8. The van der Waals surface area contributed by atoms with Crippen molar-refractivity contribution in [1.29, 1.82) is 0 Å². The lowest BCUT2D eigenvalue weighted by Crippen LogP contribution is -2.35. The van der Waals surface area contributed by atoms with Crippen LogP contribution in [0.15, 0.2) is 18.2 Å². The molecule has 1 aromatic carbocycles. The molecule has 0 aliphatic heterocycles. The van der Waals surface area contributed by atoms with E-state index in [4.69, 9.17) is 20.9 Å². The fourth-order valence-corrected chi connectivity index (χ4v) is 1.77. The van der Waals surface area contributed by atoms with Crippen LogP contribution in [0.4, 0.5) is 0 Å². The SMILES string of the molecule is COc1ccc(C(N)CC(C)(C)N)cc1OC. The molecule has 1 atom stereocenters. The molecule has 0 aliphatic rings. The lowest BCUT2D eigenvalue weighted by atomic mass is 9.92. The van der Waals surface area contributed by atoms with Gasteiger partial charge in [0.05, 0.1) is 14.2 Å². The van der Waals surface area contributed by atoms with E-state index in [1.54, 1.807) is 14.2 Å². The van der Waals surface area contributed by atoms with E-state index < -0.39 is 0 Å². The number of methoxy groups -OCH3 is 2. The molecule has 17 heavy (non-hydrogen) atoms. The highest BCUT2D eigenvalue weighted by Crippen LogP contribution is 2.31. The third kappa shape index (κ3) is 3.91. The van der Waals surface area contributed by atoms with E-state index in [0.717, 1.165) is 5.56 Å². The number of rotatable bonds is 5. The summed E-state index contributed by atoms with van der Waals surface area (Å²) in [6.07, 6.45) is 0.711. The summed E-state index contributed by atoms with van der Waals surface area (Å²) in [6.45, 7) is 3.93. The molecule has 0 aromatic heterocycles. The second-order valence-electron chi connectivity index (χ2n) is 4.91. The maximum Gasteiger partial charge on any atom is 0.161 e. The summed E-state index contributed by atoms with van der Waals surface area (Å²) in [6, 6.07) is 5.60. The van der Waals surface area contributed by atoms with Crippen molar-refractivity contribution in [2.45, 2.75) is 31.8 Å².